The fourth-order valence-electron chi connectivity index (χ4n) is 0.801. The van der Waals surface area contributed by atoms with Crippen LogP contribution in [-0.4, -0.2) is 32.5 Å². The average molecular weight is 207 g/mol. The van der Waals surface area contributed by atoms with Gasteiger partial charge < -0.3 is 8.54 Å². The van der Waals surface area contributed by atoms with E-state index in [1.54, 1.807) is 7.11 Å². The first-order valence-corrected chi connectivity index (χ1v) is 12.8. The Morgan fingerprint density at radius 2 is 1.73 bits per heavy atom. The molecule has 0 saturated carbocycles. The Balaban J connectivity index is 4.10. The van der Waals surface area contributed by atoms with Gasteiger partial charge in [0.05, 0.1) is 8.31 Å². The summed E-state index contributed by atoms with van der Waals surface area (Å²) < 4.78 is 11.4. The molecule has 0 amide bonds. The van der Waals surface area contributed by atoms with E-state index in [2.05, 4.69) is 32.7 Å². The van der Waals surface area contributed by atoms with Crippen molar-refractivity contribution >= 4 is 25.4 Å². The predicted molar refractivity (Wildman–Crippen MR) is 56.1 cm³/mol. The Bertz CT molecular complexity index is 118. The van der Waals surface area contributed by atoms with Crippen LogP contribution < -0.4 is 0 Å². The van der Waals surface area contributed by atoms with Gasteiger partial charge in [0.15, 0.2) is 9.04 Å². The zero-order valence-electron chi connectivity index (χ0n) is 8.39. The Morgan fingerprint density at radius 1 is 1.27 bits per heavy atom. The molecule has 0 N–H and O–H groups in total. The third kappa shape index (κ3) is 3.66. The van der Waals surface area contributed by atoms with Crippen LogP contribution in [-0.2, 0) is 8.54 Å². The molecule has 0 rings (SSSR count). The summed E-state index contributed by atoms with van der Waals surface area (Å²) in [5.74, 6) is 0. The fraction of sp³-hybridized carbons (Fsp3) is 1.00. The maximum Gasteiger partial charge on any atom is 0.298 e. The molecule has 0 saturated heterocycles. The molecule has 0 fully saturated rings. The van der Waals surface area contributed by atoms with Crippen molar-refractivity contribution in [3.05, 3.63) is 0 Å². The summed E-state index contributed by atoms with van der Waals surface area (Å²) in [5, 5.41) is 0. The first-order valence-electron chi connectivity index (χ1n) is 3.96. The van der Waals surface area contributed by atoms with Gasteiger partial charge in [-0.3, -0.25) is 0 Å². The highest BCUT2D eigenvalue weighted by Gasteiger charge is 2.35. The molecular weight excluding hydrogens is 188 g/mol. The van der Waals surface area contributed by atoms with E-state index in [1.165, 1.54) is 0 Å². The lowest BCUT2D eigenvalue weighted by Crippen LogP contribution is -2.52. The molecule has 11 heavy (non-hydrogen) atoms. The van der Waals surface area contributed by atoms with Gasteiger partial charge in [0.1, 0.15) is 0 Å². The monoisotopic (exact) mass is 207 g/mol. The topological polar surface area (TPSA) is 18.5 Å². The summed E-state index contributed by atoms with van der Waals surface area (Å²) >= 11 is 0. The van der Waals surface area contributed by atoms with Crippen molar-refractivity contribution < 1.29 is 8.54 Å². The molecule has 0 heterocycles. The highest BCUT2D eigenvalue weighted by atomic mass is 29.3. The van der Waals surface area contributed by atoms with Crippen molar-refractivity contribution in [3.8, 4) is 0 Å². The maximum atomic E-state index is 5.93. The van der Waals surface area contributed by atoms with Gasteiger partial charge in [-0.05, 0) is 19.6 Å². The van der Waals surface area contributed by atoms with Crippen molar-refractivity contribution in [2.24, 2.45) is 0 Å². The number of hydrogen-bond donors (Lipinski definition) is 0. The van der Waals surface area contributed by atoms with Crippen molar-refractivity contribution in [1.29, 1.82) is 0 Å². The first kappa shape index (κ1) is 11.6. The minimum absolute atomic E-state index is 0.577. The predicted octanol–water partition coefficient (Wildman–Crippen LogP) is 1.54. The smallest absolute Gasteiger partial charge is 0.298 e. The second-order valence-electron chi connectivity index (χ2n) is 3.39. The van der Waals surface area contributed by atoms with Gasteiger partial charge in [-0.15, -0.1) is 0 Å². The molecule has 0 aliphatic rings. The lowest BCUT2D eigenvalue weighted by molar-refractivity contribution is 0.331. The van der Waals surface area contributed by atoms with Gasteiger partial charge in [0.25, 0.3) is 8.08 Å². The Labute approximate surface area is 74.3 Å². The van der Waals surface area contributed by atoms with E-state index in [1.807, 2.05) is 0 Å². The SMILES string of the molecule is CO[Si](C)(O[Si](C)C)[SiH](C)C. The van der Waals surface area contributed by atoms with Gasteiger partial charge in [0.2, 0.25) is 0 Å². The van der Waals surface area contributed by atoms with Crippen LogP contribution in [0.15, 0.2) is 0 Å². The quantitative estimate of drug-likeness (QED) is 0.651. The van der Waals surface area contributed by atoms with Crippen LogP contribution in [0.2, 0.25) is 32.7 Å². The van der Waals surface area contributed by atoms with Crippen LogP contribution in [0.25, 0.3) is 0 Å². The van der Waals surface area contributed by atoms with Crippen LogP contribution in [0.5, 0.6) is 0 Å². The second-order valence-corrected chi connectivity index (χ2v) is 17.4. The van der Waals surface area contributed by atoms with E-state index >= 15 is 0 Å². The molecule has 2 nitrogen and oxygen atoms in total. The van der Waals surface area contributed by atoms with Gasteiger partial charge >= 0.3 is 0 Å². The largest absolute Gasteiger partial charge is 0.439 e. The molecule has 0 spiro atoms. The summed E-state index contributed by atoms with van der Waals surface area (Å²) in [7, 11) is -1.20. The van der Waals surface area contributed by atoms with Gasteiger partial charge in [-0.25, -0.2) is 0 Å². The average Bonchev–Trinajstić information content (AvgIpc) is 1.86. The molecule has 0 aromatic heterocycles. The lowest BCUT2D eigenvalue weighted by Gasteiger charge is -2.30. The summed E-state index contributed by atoms with van der Waals surface area (Å²) in [6, 6.07) is 0. The minimum atomic E-state index is -1.68. The Hall–Kier alpha value is 0.571. The van der Waals surface area contributed by atoms with Crippen molar-refractivity contribution in [1.82, 2.24) is 0 Å². The van der Waals surface area contributed by atoms with E-state index in [0.717, 1.165) is 0 Å². The summed E-state index contributed by atoms with van der Waals surface area (Å²) in [6.07, 6.45) is 0. The summed E-state index contributed by atoms with van der Waals surface area (Å²) in [5.41, 5.74) is 0. The Morgan fingerprint density at radius 3 is 1.82 bits per heavy atom. The highest BCUT2D eigenvalue weighted by Crippen LogP contribution is 2.11. The second kappa shape index (κ2) is 4.56. The zero-order chi connectivity index (χ0) is 9.07. The Kier molecular flexibility index (Phi) is 4.80. The van der Waals surface area contributed by atoms with Gasteiger partial charge in [-0.1, -0.05) is 13.1 Å². The van der Waals surface area contributed by atoms with Crippen LogP contribution in [0.4, 0.5) is 0 Å². The van der Waals surface area contributed by atoms with E-state index in [4.69, 9.17) is 8.54 Å². The molecule has 67 valence electrons. The molecule has 5 heteroatoms. The van der Waals surface area contributed by atoms with Crippen LogP contribution in [0.3, 0.4) is 0 Å². The molecule has 0 aliphatic carbocycles. The first-order chi connectivity index (χ1) is 4.92. The molecule has 1 radical (unpaired) electrons. The maximum absolute atomic E-state index is 5.93. The third-order valence-corrected chi connectivity index (χ3v) is 16.1. The van der Waals surface area contributed by atoms with Gasteiger partial charge in [-0.2, -0.15) is 0 Å². The van der Waals surface area contributed by atoms with Gasteiger partial charge in [0, 0.05) is 7.11 Å². The van der Waals surface area contributed by atoms with Crippen molar-refractivity contribution in [3.63, 3.8) is 0 Å². The summed E-state index contributed by atoms with van der Waals surface area (Å²) in [4.78, 5) is 0. The molecular formula is C6H19O2Si3. The normalized spacial score (nSPS) is 17.5. The number of rotatable bonds is 4. The van der Waals surface area contributed by atoms with E-state index in [0.29, 0.717) is 0 Å². The molecule has 1 unspecified atom stereocenters. The molecule has 0 aromatic carbocycles. The van der Waals surface area contributed by atoms with Crippen LogP contribution >= 0.6 is 0 Å². The lowest BCUT2D eigenvalue weighted by atomic mass is 11.8. The number of hydrogen-bond acceptors (Lipinski definition) is 2. The molecule has 1 atom stereocenters. The van der Waals surface area contributed by atoms with E-state index in [9.17, 15) is 0 Å². The van der Waals surface area contributed by atoms with Crippen LogP contribution in [0, 0.1) is 0 Å². The fourth-order valence-corrected chi connectivity index (χ4v) is 11.4. The molecule has 0 aliphatic heterocycles. The van der Waals surface area contributed by atoms with Crippen molar-refractivity contribution in [2.45, 2.75) is 32.7 Å². The van der Waals surface area contributed by atoms with Crippen molar-refractivity contribution in [2.75, 3.05) is 7.11 Å². The minimum Gasteiger partial charge on any atom is -0.439 e. The van der Waals surface area contributed by atoms with E-state index in [-0.39, 0.29) is 0 Å². The third-order valence-electron chi connectivity index (χ3n) is 1.86. The highest BCUT2D eigenvalue weighted by molar-refractivity contribution is 7.27. The zero-order valence-corrected chi connectivity index (χ0v) is 11.5. The summed E-state index contributed by atoms with van der Waals surface area (Å²) in [6.45, 7) is 11.2. The molecule has 0 bridgehead atoms. The molecule has 0 aromatic rings. The van der Waals surface area contributed by atoms with Crippen LogP contribution in [0.1, 0.15) is 0 Å². The standard InChI is InChI=1S/C6H19O2Si3/c1-7-11(6,10(4)5)8-9(2)3/h10H,1-6H3. The van der Waals surface area contributed by atoms with E-state index < -0.39 is 25.4 Å².